The summed E-state index contributed by atoms with van der Waals surface area (Å²) in [7, 11) is -7.55. The number of anilines is 1. The third-order valence-electron chi connectivity index (χ3n) is 9.50. The molecule has 0 bridgehead atoms. The summed E-state index contributed by atoms with van der Waals surface area (Å²) >= 11 is 26.6. The molecule has 0 aromatic heterocycles. The van der Waals surface area contributed by atoms with Gasteiger partial charge in [0.15, 0.2) is 5.54 Å². The third kappa shape index (κ3) is 7.37. The van der Waals surface area contributed by atoms with Crippen molar-refractivity contribution in [2.24, 2.45) is 0 Å². The third-order valence-corrected chi connectivity index (χ3v) is 12.0. The number of likely N-dealkylation sites (N-methyl/N-ethyl adjacent to an activating group) is 2. The zero-order valence-electron chi connectivity index (χ0n) is 29.6. The summed E-state index contributed by atoms with van der Waals surface area (Å²) in [6.45, 7) is 15.5. The zero-order valence-corrected chi connectivity index (χ0v) is 34.2. The van der Waals surface area contributed by atoms with E-state index in [-0.39, 0.29) is 36.8 Å². The van der Waals surface area contributed by atoms with Crippen LogP contribution >= 0.6 is 46.4 Å². The first kappa shape index (κ1) is 40.7. The Morgan fingerprint density at radius 1 is 0.887 bits per heavy atom. The first-order chi connectivity index (χ1) is 24.4. The van der Waals surface area contributed by atoms with Crippen LogP contribution in [0, 0.1) is 0 Å². The molecule has 0 saturated heterocycles. The summed E-state index contributed by atoms with van der Waals surface area (Å²) in [6, 6.07) is 7.46. The van der Waals surface area contributed by atoms with Gasteiger partial charge >= 0.3 is 16.6 Å². The molecule has 3 aromatic carbocycles. The van der Waals surface area contributed by atoms with Crippen molar-refractivity contribution in [1.82, 2.24) is 4.58 Å². The maximum atomic E-state index is 12.9. The number of rotatable bonds is 6. The van der Waals surface area contributed by atoms with Crippen molar-refractivity contribution in [1.29, 1.82) is 0 Å². The minimum atomic E-state index is -4.44. The highest BCUT2D eigenvalue weighted by molar-refractivity contribution is 7.86. The lowest BCUT2D eigenvalue weighted by atomic mass is 9.83. The van der Waals surface area contributed by atoms with Crippen molar-refractivity contribution in [2.45, 2.75) is 59.5 Å². The Kier molecular flexibility index (Phi) is 11.0. The predicted octanol–water partition coefficient (Wildman–Crippen LogP) is 6.94. The van der Waals surface area contributed by atoms with Gasteiger partial charge in [-0.3, -0.25) is 4.55 Å². The molecule has 0 spiro atoms. The Hall–Kier alpha value is -3.43. The average Bonchev–Trinajstić information content (AvgIpc) is 3.01. The van der Waals surface area contributed by atoms with Gasteiger partial charge in [0.1, 0.15) is 23.8 Å². The Bertz CT molecular complexity index is 2560. The van der Waals surface area contributed by atoms with Crippen LogP contribution in [0.1, 0.15) is 81.1 Å². The van der Waals surface area contributed by atoms with Crippen molar-refractivity contribution in [3.63, 3.8) is 0 Å². The molecule has 3 heterocycles. The quantitative estimate of drug-likeness (QED) is 0.0902. The molecule has 2 N–H and O–H groups in total. The highest BCUT2D eigenvalue weighted by Crippen LogP contribution is 2.50. The van der Waals surface area contributed by atoms with Gasteiger partial charge in [-0.1, -0.05) is 52.5 Å². The van der Waals surface area contributed by atoms with Crippen LogP contribution in [0.5, 0.6) is 11.5 Å². The smallest absolute Gasteiger partial charge is 0.425 e. The molecule has 0 fully saturated rings. The Morgan fingerprint density at radius 2 is 1.49 bits per heavy atom. The first-order valence-corrected chi connectivity index (χ1v) is 20.3. The van der Waals surface area contributed by atoms with E-state index in [2.05, 4.69) is 36.3 Å². The molecule has 0 amide bonds. The highest BCUT2D eigenvalue weighted by Gasteiger charge is 2.39. The van der Waals surface area contributed by atoms with E-state index in [9.17, 15) is 22.9 Å². The minimum Gasteiger partial charge on any atom is -0.478 e. The van der Waals surface area contributed by atoms with E-state index in [0.717, 1.165) is 16.8 Å². The molecular formula is C36H35Cl4N2O9S2+. The number of aromatic carboxylic acids is 1. The number of halogens is 4. The Labute approximate surface area is 328 Å². The lowest BCUT2D eigenvalue weighted by molar-refractivity contribution is 0.0696. The molecule has 0 unspecified atom stereocenters. The van der Waals surface area contributed by atoms with Crippen molar-refractivity contribution in [3.05, 3.63) is 94.9 Å². The fourth-order valence-electron chi connectivity index (χ4n) is 7.68. The molecule has 0 saturated carbocycles. The largest absolute Gasteiger partial charge is 0.478 e. The number of hydrogen-bond donors (Lipinski definition) is 2. The van der Waals surface area contributed by atoms with E-state index in [1.54, 1.807) is 6.07 Å². The zero-order chi connectivity index (χ0) is 39.7. The van der Waals surface area contributed by atoms with Crippen molar-refractivity contribution in [2.75, 3.05) is 23.7 Å². The van der Waals surface area contributed by atoms with Gasteiger partial charge in [-0.15, -0.1) is 12.6 Å². The second-order valence-electron chi connectivity index (χ2n) is 13.7. The summed E-state index contributed by atoms with van der Waals surface area (Å²) < 4.78 is 68.7. The lowest BCUT2D eigenvalue weighted by Gasteiger charge is -2.43. The Morgan fingerprint density at radius 3 is 2.04 bits per heavy atom. The van der Waals surface area contributed by atoms with Gasteiger partial charge in [0.05, 0.1) is 42.8 Å². The molecule has 3 aliphatic rings. The van der Waals surface area contributed by atoms with Crippen LogP contribution in [0.25, 0.3) is 16.7 Å². The van der Waals surface area contributed by atoms with Crippen LogP contribution in [-0.4, -0.2) is 66.6 Å². The molecule has 6 rings (SSSR count). The number of nitrogens with zero attached hydrogens (tertiary/aromatic N) is 2. The highest BCUT2D eigenvalue weighted by atomic mass is 35.5. The maximum absolute atomic E-state index is 12.9. The molecule has 53 heavy (non-hydrogen) atoms. The van der Waals surface area contributed by atoms with Crippen LogP contribution in [0.15, 0.2) is 36.4 Å². The van der Waals surface area contributed by atoms with Gasteiger partial charge in [0.25, 0.3) is 10.1 Å². The number of carboxylic acids is 1. The molecule has 17 heteroatoms. The first-order valence-electron chi connectivity index (χ1n) is 16.2. The predicted molar refractivity (Wildman–Crippen MR) is 208 cm³/mol. The molecule has 0 atom stereocenters. The van der Waals surface area contributed by atoms with Crippen LogP contribution < -0.4 is 24.8 Å². The number of ether oxygens (including phenoxy) is 1. The van der Waals surface area contributed by atoms with Crippen molar-refractivity contribution in [3.8, 4) is 11.5 Å². The molecule has 11 nitrogen and oxygen atoms in total. The minimum absolute atomic E-state index is 0.0354. The van der Waals surface area contributed by atoms with E-state index in [1.165, 1.54) is 0 Å². The van der Waals surface area contributed by atoms with E-state index in [1.807, 2.05) is 52.0 Å². The summed E-state index contributed by atoms with van der Waals surface area (Å²) in [5.41, 5.74) is 3.43. The van der Waals surface area contributed by atoms with E-state index < -0.39 is 38.0 Å². The normalized spacial score (nSPS) is 16.5. The monoisotopic (exact) mass is 843 g/mol. The van der Waals surface area contributed by atoms with Gasteiger partial charge < -0.3 is 14.7 Å². The van der Waals surface area contributed by atoms with E-state index in [0.29, 0.717) is 57.4 Å². The fraction of sp³-hybridized carbons (Fsp3) is 0.333. The molecular weight excluding hydrogens is 810 g/mol. The maximum Gasteiger partial charge on any atom is 0.425 e. The topological polar surface area (TPSA) is 158 Å². The van der Waals surface area contributed by atoms with Crippen molar-refractivity contribution < 1.29 is 40.2 Å². The van der Waals surface area contributed by atoms with Crippen LogP contribution in [0.2, 0.25) is 20.1 Å². The number of benzene rings is 3. The molecule has 0 radical (unpaired) electrons. The van der Waals surface area contributed by atoms with Gasteiger partial charge in [0, 0.05) is 59.6 Å². The van der Waals surface area contributed by atoms with Gasteiger partial charge in [-0.25, -0.2) is 9.37 Å². The number of fused-ring (bicyclic) bond motifs is 4. The van der Waals surface area contributed by atoms with Crippen LogP contribution in [0.4, 0.5) is 5.69 Å². The summed E-state index contributed by atoms with van der Waals surface area (Å²) in [6.07, 6.45) is 3.99. The standard InChI is InChI=1S/C36H34Cl4N2O6S.O3S/c1-8-41-23-12-25-21(10-19(23)17(3)14-35(41,4)5)27(28-29(34(43)44)31(38)33(40)32(39)30(28)37)22-11-20-18(16-49(45,46)47)15-36(6,7)42(9-2)24(20)13-26(22)48-25;1-4(2)3/h10-15H,8-9,16H2,1-7H3,(H-,43,44,45,46,47);/p+1. The number of carboxylic acid groups (broad SMARTS) is 1. The molecule has 3 aliphatic heterocycles. The number of hydrogen-bond acceptors (Lipinski definition) is 8. The summed E-state index contributed by atoms with van der Waals surface area (Å²) in [5.74, 6) is -1.18. The van der Waals surface area contributed by atoms with Crippen LogP contribution in [-0.2, 0) is 20.7 Å². The average molecular weight is 846 g/mol. The Balaban J connectivity index is 0.00000129. The summed E-state index contributed by atoms with van der Waals surface area (Å²) in [5, 5.41) is 10.9. The number of carbonyl (C=O) groups is 1. The lowest BCUT2D eigenvalue weighted by Crippen LogP contribution is -2.50. The van der Waals surface area contributed by atoms with E-state index >= 15 is 0 Å². The SMILES string of the molecule is CCN1c2cc3c(cc2C(C)=CC1(C)C)C(c1c(Cl)c(Cl)c(Cl)c(Cl)c1C(=O)O)=c1cc2c(cc1O3)=[N+](CC)C(C)(C)C=C2CS(=O)(=O)O.O=S(=O)=O. The fourth-order valence-corrected chi connectivity index (χ4v) is 9.34. The molecule has 0 aliphatic carbocycles. The van der Waals surface area contributed by atoms with Gasteiger partial charge in [-0.05, 0) is 64.0 Å². The molecule has 282 valence electrons. The van der Waals surface area contributed by atoms with Crippen molar-refractivity contribution >= 4 is 95.5 Å². The van der Waals surface area contributed by atoms with Gasteiger partial charge in [0.2, 0.25) is 5.36 Å². The van der Waals surface area contributed by atoms with Gasteiger partial charge in [-0.2, -0.15) is 8.42 Å². The summed E-state index contributed by atoms with van der Waals surface area (Å²) in [4.78, 5) is 15.2. The molecule has 3 aromatic rings. The van der Waals surface area contributed by atoms with Crippen LogP contribution in [0.3, 0.4) is 0 Å². The second kappa shape index (κ2) is 14.3. The van der Waals surface area contributed by atoms with E-state index in [4.69, 9.17) is 63.8 Å². The second-order valence-corrected chi connectivity index (χ2v) is 17.1. The number of allylic oxidation sites excluding steroid dienone is 1.